The molecule has 1 amide bonds. The predicted molar refractivity (Wildman–Crippen MR) is 73.4 cm³/mol. The van der Waals surface area contributed by atoms with E-state index >= 15 is 0 Å². The monoisotopic (exact) mass is 277 g/mol. The molecule has 108 valence electrons. The van der Waals surface area contributed by atoms with Gasteiger partial charge in [0.05, 0.1) is 12.0 Å². The lowest BCUT2D eigenvalue weighted by molar-refractivity contribution is -0.148. The van der Waals surface area contributed by atoms with Crippen molar-refractivity contribution in [2.75, 3.05) is 13.2 Å². The molecule has 0 aromatic heterocycles. The van der Waals surface area contributed by atoms with E-state index in [-0.39, 0.29) is 12.5 Å². The molecule has 1 heterocycles. The molecular formula is C15H19NO4. The molecule has 1 atom stereocenters. The summed E-state index contributed by atoms with van der Waals surface area (Å²) >= 11 is 0. The van der Waals surface area contributed by atoms with Gasteiger partial charge >= 0.3 is 5.97 Å². The average Bonchev–Trinajstić information content (AvgIpc) is 2.89. The standard InChI is InChI=1S/C15H19NO4/c1-14(2,11-6-4-3-5-7-11)12(17)16-15(13(18)19)8-9-20-10-15/h3-7H,8-10H2,1-2H3,(H,16,17)(H,18,19). The fourth-order valence-corrected chi connectivity index (χ4v) is 2.25. The van der Waals surface area contributed by atoms with Crippen LogP contribution in [0.1, 0.15) is 25.8 Å². The van der Waals surface area contributed by atoms with Crippen molar-refractivity contribution >= 4 is 11.9 Å². The maximum Gasteiger partial charge on any atom is 0.331 e. The average molecular weight is 277 g/mol. The Bertz CT molecular complexity index is 504. The minimum Gasteiger partial charge on any atom is -0.479 e. The largest absolute Gasteiger partial charge is 0.479 e. The van der Waals surface area contributed by atoms with Crippen LogP contribution in [0.4, 0.5) is 0 Å². The fraction of sp³-hybridized carbons (Fsp3) is 0.467. The van der Waals surface area contributed by atoms with E-state index in [0.29, 0.717) is 13.0 Å². The highest BCUT2D eigenvalue weighted by atomic mass is 16.5. The third kappa shape index (κ3) is 2.54. The number of amides is 1. The zero-order valence-electron chi connectivity index (χ0n) is 11.7. The van der Waals surface area contributed by atoms with E-state index in [1.807, 2.05) is 30.3 Å². The first-order valence-electron chi connectivity index (χ1n) is 6.58. The minimum atomic E-state index is -1.30. The van der Waals surface area contributed by atoms with Crippen LogP contribution in [0.2, 0.25) is 0 Å². The van der Waals surface area contributed by atoms with E-state index in [1.54, 1.807) is 13.8 Å². The van der Waals surface area contributed by atoms with Gasteiger partial charge < -0.3 is 15.2 Å². The van der Waals surface area contributed by atoms with E-state index in [4.69, 9.17) is 4.74 Å². The molecule has 0 saturated carbocycles. The number of nitrogens with one attached hydrogen (secondary N) is 1. The van der Waals surface area contributed by atoms with Crippen molar-refractivity contribution in [3.8, 4) is 0 Å². The van der Waals surface area contributed by atoms with Gasteiger partial charge in [0.25, 0.3) is 0 Å². The minimum absolute atomic E-state index is 0.0128. The third-order valence-corrected chi connectivity index (χ3v) is 3.85. The zero-order valence-corrected chi connectivity index (χ0v) is 11.7. The molecule has 1 fully saturated rings. The van der Waals surface area contributed by atoms with Crippen LogP contribution >= 0.6 is 0 Å². The Labute approximate surface area is 117 Å². The Kier molecular flexibility index (Phi) is 3.81. The van der Waals surface area contributed by atoms with Crippen LogP contribution in [0, 0.1) is 0 Å². The van der Waals surface area contributed by atoms with Gasteiger partial charge in [-0.25, -0.2) is 4.79 Å². The van der Waals surface area contributed by atoms with Crippen LogP contribution in [0.5, 0.6) is 0 Å². The van der Waals surface area contributed by atoms with Crippen molar-refractivity contribution in [3.63, 3.8) is 0 Å². The van der Waals surface area contributed by atoms with E-state index < -0.39 is 16.9 Å². The van der Waals surface area contributed by atoms with Crippen LogP contribution in [0.15, 0.2) is 30.3 Å². The summed E-state index contributed by atoms with van der Waals surface area (Å²) in [5.41, 5.74) is -1.26. The van der Waals surface area contributed by atoms with Crippen molar-refractivity contribution in [1.82, 2.24) is 5.32 Å². The molecular weight excluding hydrogens is 258 g/mol. The molecule has 0 bridgehead atoms. The van der Waals surface area contributed by atoms with Gasteiger partial charge in [-0.15, -0.1) is 0 Å². The molecule has 2 rings (SSSR count). The van der Waals surface area contributed by atoms with E-state index in [9.17, 15) is 14.7 Å². The summed E-state index contributed by atoms with van der Waals surface area (Å²) in [6.45, 7) is 3.92. The number of aliphatic carboxylic acids is 1. The Balaban J connectivity index is 2.21. The summed E-state index contributed by atoms with van der Waals surface area (Å²) in [7, 11) is 0. The zero-order chi connectivity index (χ0) is 14.8. The van der Waals surface area contributed by atoms with E-state index in [1.165, 1.54) is 0 Å². The Hall–Kier alpha value is -1.88. The Morgan fingerprint density at radius 1 is 1.30 bits per heavy atom. The molecule has 1 aromatic carbocycles. The number of carboxylic acid groups (broad SMARTS) is 1. The first-order chi connectivity index (χ1) is 9.38. The van der Waals surface area contributed by atoms with Crippen molar-refractivity contribution in [3.05, 3.63) is 35.9 Å². The summed E-state index contributed by atoms with van der Waals surface area (Å²) in [4.78, 5) is 23.9. The fourth-order valence-electron chi connectivity index (χ4n) is 2.25. The molecule has 1 aromatic rings. The molecule has 1 saturated heterocycles. The summed E-state index contributed by atoms with van der Waals surface area (Å²) < 4.78 is 5.15. The van der Waals surface area contributed by atoms with Gasteiger partial charge in [-0.1, -0.05) is 30.3 Å². The number of hydrogen-bond acceptors (Lipinski definition) is 3. The highest BCUT2D eigenvalue weighted by Crippen LogP contribution is 2.26. The maximum atomic E-state index is 12.5. The van der Waals surface area contributed by atoms with Crippen molar-refractivity contribution < 1.29 is 19.4 Å². The van der Waals surface area contributed by atoms with Gasteiger partial charge in [0.1, 0.15) is 0 Å². The first kappa shape index (κ1) is 14.5. The number of rotatable bonds is 4. The van der Waals surface area contributed by atoms with E-state index in [2.05, 4.69) is 5.32 Å². The van der Waals surface area contributed by atoms with Gasteiger partial charge in [-0.3, -0.25) is 4.79 Å². The smallest absolute Gasteiger partial charge is 0.331 e. The second kappa shape index (κ2) is 5.25. The second-order valence-corrected chi connectivity index (χ2v) is 5.63. The summed E-state index contributed by atoms with van der Waals surface area (Å²) in [6, 6.07) is 9.31. The van der Waals surface area contributed by atoms with Crippen LogP contribution in [0.25, 0.3) is 0 Å². The van der Waals surface area contributed by atoms with Gasteiger partial charge in [-0.2, -0.15) is 0 Å². The normalized spacial score (nSPS) is 22.5. The third-order valence-electron chi connectivity index (χ3n) is 3.85. The number of hydrogen-bond donors (Lipinski definition) is 2. The lowest BCUT2D eigenvalue weighted by atomic mass is 9.82. The molecule has 0 radical (unpaired) electrons. The van der Waals surface area contributed by atoms with Crippen LogP contribution in [-0.4, -0.2) is 35.7 Å². The SMILES string of the molecule is CC(C)(C(=O)NC1(C(=O)O)CCOC1)c1ccccc1. The molecule has 0 spiro atoms. The van der Waals surface area contributed by atoms with Crippen LogP contribution < -0.4 is 5.32 Å². The molecule has 0 aliphatic carbocycles. The second-order valence-electron chi connectivity index (χ2n) is 5.63. The summed E-state index contributed by atoms with van der Waals surface area (Å²) in [5, 5.41) is 12.0. The van der Waals surface area contributed by atoms with Crippen molar-refractivity contribution in [2.24, 2.45) is 0 Å². The van der Waals surface area contributed by atoms with Gasteiger partial charge in [0.15, 0.2) is 5.54 Å². The summed E-state index contributed by atoms with van der Waals surface area (Å²) in [6.07, 6.45) is 0.291. The highest BCUT2D eigenvalue weighted by molar-refractivity contribution is 5.93. The van der Waals surface area contributed by atoms with E-state index in [0.717, 1.165) is 5.56 Å². The van der Waals surface area contributed by atoms with Crippen molar-refractivity contribution in [2.45, 2.75) is 31.2 Å². The van der Waals surface area contributed by atoms with Crippen LogP contribution in [0.3, 0.4) is 0 Å². The predicted octanol–water partition coefficient (Wildman–Crippen LogP) is 1.32. The van der Waals surface area contributed by atoms with Gasteiger partial charge in [-0.05, 0) is 19.4 Å². The highest BCUT2D eigenvalue weighted by Gasteiger charge is 2.46. The lowest BCUT2D eigenvalue weighted by Gasteiger charge is -2.30. The Morgan fingerprint density at radius 3 is 2.45 bits per heavy atom. The number of ether oxygens (including phenoxy) is 1. The number of carbonyl (C=O) groups excluding carboxylic acids is 1. The lowest BCUT2D eigenvalue weighted by Crippen LogP contribution is -2.58. The molecule has 1 unspecified atom stereocenters. The number of carbonyl (C=O) groups is 2. The number of benzene rings is 1. The topological polar surface area (TPSA) is 75.6 Å². The maximum absolute atomic E-state index is 12.5. The molecule has 1 aliphatic heterocycles. The van der Waals surface area contributed by atoms with Gasteiger partial charge in [0.2, 0.25) is 5.91 Å². The molecule has 5 nitrogen and oxygen atoms in total. The number of carboxylic acids is 1. The molecule has 20 heavy (non-hydrogen) atoms. The molecule has 1 aliphatic rings. The Morgan fingerprint density at radius 2 is 1.95 bits per heavy atom. The van der Waals surface area contributed by atoms with Gasteiger partial charge in [0, 0.05) is 13.0 Å². The quantitative estimate of drug-likeness (QED) is 0.870. The van der Waals surface area contributed by atoms with Crippen molar-refractivity contribution in [1.29, 1.82) is 0 Å². The molecule has 5 heteroatoms. The molecule has 2 N–H and O–H groups in total. The van der Waals surface area contributed by atoms with Crippen LogP contribution in [-0.2, 0) is 19.7 Å². The summed E-state index contributed by atoms with van der Waals surface area (Å²) in [5.74, 6) is -1.36. The first-order valence-corrected chi connectivity index (χ1v) is 6.58.